The van der Waals surface area contributed by atoms with Gasteiger partial charge in [0, 0.05) is 93.5 Å². The van der Waals surface area contributed by atoms with Crippen LogP contribution in [0.2, 0.25) is 0 Å². The molecular formula is C129H92N4O2. The van der Waals surface area contributed by atoms with Crippen LogP contribution in [0.1, 0.15) is 74.9 Å². The first-order chi connectivity index (χ1) is 66.2. The van der Waals surface area contributed by atoms with Crippen molar-refractivity contribution in [2.45, 2.75) is 57.8 Å². The molecule has 0 saturated carbocycles. The van der Waals surface area contributed by atoms with Crippen molar-refractivity contribution in [3.8, 4) is 100 Å². The Hall–Kier alpha value is -16.8. The van der Waals surface area contributed by atoms with Crippen LogP contribution in [0.3, 0.4) is 0 Å². The standard InChI is InChI=1S/C66H48N2O.C63H44N2O/c1-65(2)56-37-43(41-16-7-5-8-17-41)26-31-48(56)50-33-29-46(39-58(50)65)67(62-24-15-22-54-53-21-12-14-25-63(53)69-64(54)62)47-30-34-51-49-32-27-44(38-57(49)66(3,4)59(51)40-47)42-28-35-61-55(36-42)52-20-11-13-23-60(52)68(61)45-18-9-6-10-19-45;1-63(2)56-39-46(41-14-5-3-6-15-41)30-35-50(56)51-36-34-49(40-57(51)63)64(60-22-13-20-54-53-19-10-12-23-61(53)66-62(54)60)48-32-28-43(29-33-48)42-24-26-44(27-25-42)45-31-37-59-55(38-45)52-18-9-11-21-58(52)65(59)47-16-7-4-8-17-47/h5-40H,1-4H3;3-40H,1-2H3. The number of nitrogens with zero attached hydrogens (tertiary/aromatic N) is 4. The molecule has 4 aromatic heterocycles. The second-order valence-electron chi connectivity index (χ2n) is 38.2. The van der Waals surface area contributed by atoms with Gasteiger partial charge in [-0.15, -0.1) is 0 Å². The maximum Gasteiger partial charge on any atom is 0.159 e. The maximum absolute atomic E-state index is 6.82. The Morgan fingerprint density at radius 2 is 0.444 bits per heavy atom. The molecule has 0 atom stereocenters. The number of anilines is 6. The third-order valence-electron chi connectivity index (χ3n) is 29.6. The van der Waals surface area contributed by atoms with Crippen molar-refractivity contribution < 1.29 is 8.83 Å². The topological polar surface area (TPSA) is 42.6 Å². The second kappa shape index (κ2) is 30.7. The van der Waals surface area contributed by atoms with Crippen molar-refractivity contribution >= 4 is 122 Å². The Balaban J connectivity index is 0.000000141. The molecule has 0 unspecified atom stereocenters. The van der Waals surface area contributed by atoms with Crippen molar-refractivity contribution in [2.24, 2.45) is 0 Å². The Morgan fingerprint density at radius 3 is 0.844 bits per heavy atom. The summed E-state index contributed by atoms with van der Waals surface area (Å²) < 4.78 is 18.3. The SMILES string of the molecule is CC1(C)c2cc(-c3ccccc3)ccc2-c2ccc(N(c3ccc(-c4ccc(-c5ccc6c(c5)c5ccccc5n6-c5ccccc5)cc4)cc3)c3cccc4c3oc3ccccc34)cc21.CC1(C)c2cc(-c3ccccc3)ccc2-c2ccc(N(c3ccc4c(c3)C(C)(C)c3cc(-c5ccc6c(c5)c5ccccc5n6-c5ccccc5)ccc3-4)c3cccc4c3oc3ccccc34)cc21. The third kappa shape index (κ3) is 12.6. The van der Waals surface area contributed by atoms with Gasteiger partial charge in [0.05, 0.1) is 33.4 Å². The number of furan rings is 2. The fourth-order valence-corrected chi connectivity index (χ4v) is 22.7. The van der Waals surface area contributed by atoms with E-state index in [-0.39, 0.29) is 16.2 Å². The van der Waals surface area contributed by atoms with Crippen LogP contribution in [-0.2, 0) is 16.2 Å². The third-order valence-corrected chi connectivity index (χ3v) is 29.6. The van der Waals surface area contributed by atoms with E-state index in [1.807, 2.05) is 6.07 Å². The molecule has 4 heterocycles. The minimum atomic E-state index is -0.265. The number of para-hydroxylation sites is 8. The van der Waals surface area contributed by atoms with Crippen molar-refractivity contribution in [3.63, 3.8) is 0 Å². The van der Waals surface area contributed by atoms with Crippen LogP contribution >= 0.6 is 0 Å². The van der Waals surface area contributed by atoms with E-state index in [1.54, 1.807) is 0 Å². The second-order valence-corrected chi connectivity index (χ2v) is 38.2. The van der Waals surface area contributed by atoms with Crippen LogP contribution in [0.25, 0.3) is 188 Å². The minimum absolute atomic E-state index is 0.203. The molecule has 0 spiro atoms. The molecule has 0 radical (unpaired) electrons. The Kier molecular flexibility index (Phi) is 18.0. The summed E-state index contributed by atoms with van der Waals surface area (Å²) in [5, 5.41) is 9.48. The van der Waals surface area contributed by atoms with E-state index in [0.717, 1.165) is 83.6 Å². The van der Waals surface area contributed by atoms with Gasteiger partial charge in [-0.05, 0) is 274 Å². The summed E-state index contributed by atoms with van der Waals surface area (Å²) in [6, 6.07) is 164. The number of rotatable bonds is 13. The van der Waals surface area contributed by atoms with Gasteiger partial charge in [-0.25, -0.2) is 0 Å². The zero-order valence-electron chi connectivity index (χ0n) is 75.8. The lowest BCUT2D eigenvalue weighted by molar-refractivity contribution is 0.659. The fourth-order valence-electron chi connectivity index (χ4n) is 22.7. The summed E-state index contributed by atoms with van der Waals surface area (Å²) in [5.41, 5.74) is 44.3. The largest absolute Gasteiger partial charge is 0.454 e. The molecule has 6 nitrogen and oxygen atoms in total. The smallest absolute Gasteiger partial charge is 0.159 e. The lowest BCUT2D eigenvalue weighted by Crippen LogP contribution is -2.18. The number of benzene rings is 20. The predicted octanol–water partition coefficient (Wildman–Crippen LogP) is 35.6. The first-order valence-corrected chi connectivity index (χ1v) is 47.0. The van der Waals surface area contributed by atoms with Crippen LogP contribution < -0.4 is 9.80 Å². The monoisotopic (exact) mass is 1730 g/mol. The normalized spacial score (nSPS) is 13.4. The van der Waals surface area contributed by atoms with Crippen molar-refractivity contribution in [2.75, 3.05) is 9.80 Å². The molecule has 24 aromatic rings. The van der Waals surface area contributed by atoms with Gasteiger partial charge in [-0.1, -0.05) is 339 Å². The fraction of sp³-hybridized carbons (Fsp3) is 0.0698. The summed E-state index contributed by atoms with van der Waals surface area (Å²) in [5.74, 6) is 0. The Bertz CT molecular complexity index is 8930. The summed E-state index contributed by atoms with van der Waals surface area (Å²) in [7, 11) is 0. The molecule has 0 bridgehead atoms. The van der Waals surface area contributed by atoms with Gasteiger partial charge in [0.15, 0.2) is 11.2 Å². The summed E-state index contributed by atoms with van der Waals surface area (Å²) in [4.78, 5) is 4.81. The molecule has 0 amide bonds. The molecule has 135 heavy (non-hydrogen) atoms. The van der Waals surface area contributed by atoms with Crippen molar-refractivity contribution in [1.29, 1.82) is 0 Å². The van der Waals surface area contributed by atoms with E-state index >= 15 is 0 Å². The predicted molar refractivity (Wildman–Crippen MR) is 565 cm³/mol. The highest BCUT2D eigenvalue weighted by Crippen LogP contribution is 2.58. The molecule has 27 rings (SSSR count). The van der Waals surface area contributed by atoms with Gasteiger partial charge in [0.2, 0.25) is 0 Å². The zero-order chi connectivity index (χ0) is 90.1. The molecule has 6 heteroatoms. The molecule has 0 N–H and O–H groups in total. The highest BCUT2D eigenvalue weighted by Gasteiger charge is 2.41. The van der Waals surface area contributed by atoms with Gasteiger partial charge in [0.1, 0.15) is 11.2 Å². The van der Waals surface area contributed by atoms with E-state index in [9.17, 15) is 0 Å². The van der Waals surface area contributed by atoms with E-state index in [0.29, 0.717) is 0 Å². The molecule has 640 valence electrons. The van der Waals surface area contributed by atoms with Crippen LogP contribution in [0.4, 0.5) is 34.1 Å². The average Bonchev–Trinajstić information content (AvgIpc) is 1.56. The first kappa shape index (κ1) is 79.2. The molecule has 20 aromatic carbocycles. The van der Waals surface area contributed by atoms with Crippen LogP contribution in [0, 0.1) is 0 Å². The van der Waals surface area contributed by atoms with Gasteiger partial charge >= 0.3 is 0 Å². The number of aromatic nitrogens is 2. The Labute approximate surface area is 784 Å². The van der Waals surface area contributed by atoms with Crippen LogP contribution in [0.5, 0.6) is 0 Å². The number of hydrogen-bond acceptors (Lipinski definition) is 4. The maximum atomic E-state index is 6.82. The van der Waals surface area contributed by atoms with E-state index in [4.69, 9.17) is 8.83 Å². The highest BCUT2D eigenvalue weighted by molar-refractivity contribution is 6.15. The summed E-state index contributed by atoms with van der Waals surface area (Å²) in [6.45, 7) is 14.3. The quantitative estimate of drug-likeness (QED) is 0.115. The van der Waals surface area contributed by atoms with E-state index in [2.05, 4.69) is 503 Å². The summed E-state index contributed by atoms with van der Waals surface area (Å²) >= 11 is 0. The molecule has 3 aliphatic carbocycles. The first-order valence-electron chi connectivity index (χ1n) is 47.0. The highest BCUT2D eigenvalue weighted by atomic mass is 16.3. The van der Waals surface area contributed by atoms with Crippen molar-refractivity contribution in [3.05, 3.63) is 482 Å². The van der Waals surface area contributed by atoms with E-state index in [1.165, 1.54) is 172 Å². The summed E-state index contributed by atoms with van der Waals surface area (Å²) in [6.07, 6.45) is 0. The average molecular weight is 1730 g/mol. The lowest BCUT2D eigenvalue weighted by Gasteiger charge is -2.29. The Morgan fingerprint density at radius 1 is 0.185 bits per heavy atom. The molecule has 0 fully saturated rings. The van der Waals surface area contributed by atoms with Gasteiger partial charge in [-0.3, -0.25) is 0 Å². The van der Waals surface area contributed by atoms with Crippen molar-refractivity contribution in [1.82, 2.24) is 9.13 Å². The number of hydrogen-bond donors (Lipinski definition) is 0. The zero-order valence-corrected chi connectivity index (χ0v) is 75.8. The van der Waals surface area contributed by atoms with E-state index < -0.39 is 0 Å². The number of fused-ring (bicyclic) bond motifs is 21. The van der Waals surface area contributed by atoms with Gasteiger partial charge in [-0.2, -0.15) is 0 Å². The minimum Gasteiger partial charge on any atom is -0.454 e. The van der Waals surface area contributed by atoms with Gasteiger partial charge < -0.3 is 27.8 Å². The van der Waals surface area contributed by atoms with Crippen LogP contribution in [-0.4, -0.2) is 9.13 Å². The van der Waals surface area contributed by atoms with Crippen LogP contribution in [0.15, 0.2) is 458 Å². The van der Waals surface area contributed by atoms with Gasteiger partial charge in [0.25, 0.3) is 0 Å². The molecule has 0 saturated heterocycles. The molecule has 0 aliphatic heterocycles. The molecule has 3 aliphatic rings. The lowest BCUT2D eigenvalue weighted by atomic mass is 9.81. The molecular weight excluding hydrogens is 1640 g/mol.